The predicted octanol–water partition coefficient (Wildman–Crippen LogP) is 5.21. The fraction of sp³-hybridized carbons (Fsp3) is 0.460. The van der Waals surface area contributed by atoms with Gasteiger partial charge in [-0.15, -0.1) is 0 Å². The number of carbonyl (C=O) groups is 2. The summed E-state index contributed by atoms with van der Waals surface area (Å²) in [5, 5.41) is 49.2. The molecule has 1 amide bonds. The Labute approximate surface area is 387 Å². The van der Waals surface area contributed by atoms with Crippen LogP contribution in [0.25, 0.3) is 38.7 Å². The summed E-state index contributed by atoms with van der Waals surface area (Å²) in [6.45, 7) is 13.7. The van der Waals surface area contributed by atoms with Crippen LogP contribution in [0.4, 0.5) is 11.4 Å². The Balaban J connectivity index is 1.47. The number of ether oxygens (including phenoxy) is 4. The van der Waals surface area contributed by atoms with E-state index in [1.54, 1.807) is 45.9 Å². The number of phenolic OH excluding ortho intramolecular Hbond substituents is 1. The van der Waals surface area contributed by atoms with Crippen LogP contribution < -0.4 is 31.0 Å². The SMILES string of the molecule is CO[C@H]1/C=C\O[C@@]2(C)Oc3c(C)c(O)c4c(=O)c(c5oc6cc(N7CCC(N(C)C)CC7)cc(=O)c6nc5c4c3=C2O)NC(=O)/C(C)=C\C=C/[C@H](C)[C@H](O)[C@@H](C)[C@@H](O)[C@@H](C)[C](OC(C)=O)[C]1C. The van der Waals surface area contributed by atoms with Gasteiger partial charge < -0.3 is 58.9 Å². The van der Waals surface area contributed by atoms with Crippen LogP contribution in [0.2, 0.25) is 0 Å². The maximum atomic E-state index is 14.9. The zero-order valence-electron chi connectivity index (χ0n) is 39.7. The minimum atomic E-state index is -2.00. The lowest BCUT2D eigenvalue weighted by atomic mass is 9.78. The third-order valence-corrected chi connectivity index (χ3v) is 13.5. The van der Waals surface area contributed by atoms with Gasteiger partial charge in [0, 0.05) is 92.2 Å². The van der Waals surface area contributed by atoms with E-state index < -0.39 is 76.1 Å². The Kier molecular flexibility index (Phi) is 13.8. The van der Waals surface area contributed by atoms with Crippen LogP contribution in [0, 0.1) is 36.7 Å². The number of anilines is 2. The largest absolute Gasteiger partial charge is 0.507 e. The van der Waals surface area contributed by atoms with Crippen molar-refractivity contribution < 1.29 is 53.4 Å². The Morgan fingerprint density at radius 3 is 2.31 bits per heavy atom. The van der Waals surface area contributed by atoms with Crippen LogP contribution in [-0.4, -0.2) is 107 Å². The van der Waals surface area contributed by atoms with Crippen molar-refractivity contribution in [1.82, 2.24) is 9.88 Å². The Morgan fingerprint density at radius 1 is 0.985 bits per heavy atom. The molecule has 1 aromatic heterocycles. The minimum absolute atomic E-state index is 0.0354. The average molecular weight is 925 g/mol. The fourth-order valence-electron chi connectivity index (χ4n) is 9.32. The third-order valence-electron chi connectivity index (χ3n) is 13.5. The Hall–Kier alpha value is -6.01. The number of hydrogen-bond acceptors (Lipinski definition) is 16. The number of aliphatic hydroxyl groups excluding tert-OH is 3. The van der Waals surface area contributed by atoms with Crippen LogP contribution >= 0.6 is 0 Å². The summed E-state index contributed by atoms with van der Waals surface area (Å²) in [4.78, 5) is 64.4. The molecule has 0 saturated carbocycles. The first-order chi connectivity index (χ1) is 31.6. The van der Waals surface area contributed by atoms with Crippen LogP contribution in [0.1, 0.15) is 66.9 Å². The number of esters is 1. The molecule has 3 aliphatic heterocycles. The minimum Gasteiger partial charge on any atom is -0.507 e. The molecular formula is C50H60N4O13. The number of piperidine rings is 1. The molecule has 5 N–H and O–H groups in total. The number of allylic oxidation sites excluding steroid dienone is 2. The summed E-state index contributed by atoms with van der Waals surface area (Å²) >= 11 is 0. The zero-order valence-corrected chi connectivity index (χ0v) is 39.7. The number of aromatic nitrogens is 1. The molecule has 7 atom stereocenters. The quantitative estimate of drug-likeness (QED) is 0.100. The molecule has 17 nitrogen and oxygen atoms in total. The van der Waals surface area contributed by atoms with E-state index in [0.29, 0.717) is 30.7 Å². The monoisotopic (exact) mass is 924 g/mol. The summed E-state index contributed by atoms with van der Waals surface area (Å²) < 4.78 is 30.3. The molecule has 17 heteroatoms. The molecule has 4 aromatic rings. The van der Waals surface area contributed by atoms with E-state index in [-0.39, 0.29) is 66.9 Å². The molecule has 0 unspecified atom stereocenters. The van der Waals surface area contributed by atoms with E-state index in [9.17, 15) is 39.6 Å². The Morgan fingerprint density at radius 2 is 1.67 bits per heavy atom. The molecule has 1 fully saturated rings. The van der Waals surface area contributed by atoms with Crippen molar-refractivity contribution in [2.45, 2.75) is 98.4 Å². The van der Waals surface area contributed by atoms with E-state index >= 15 is 0 Å². The normalized spacial score (nSPS) is 28.1. The molecule has 3 aliphatic rings. The molecule has 2 radical (unpaired) electrons. The second-order valence-electron chi connectivity index (χ2n) is 18.3. The number of aromatic hydroxyl groups is 1. The van der Waals surface area contributed by atoms with Gasteiger partial charge in [-0.05, 0) is 46.9 Å². The lowest BCUT2D eigenvalue weighted by Crippen LogP contribution is -2.42. The summed E-state index contributed by atoms with van der Waals surface area (Å²) in [7, 11) is 5.48. The van der Waals surface area contributed by atoms with E-state index in [4.69, 9.17) is 28.3 Å². The Bertz CT molecular complexity index is 2880. The maximum absolute atomic E-state index is 14.9. The smallest absolute Gasteiger partial charge is 0.307 e. The topological polar surface area (TPSA) is 231 Å². The molecule has 67 heavy (non-hydrogen) atoms. The molecule has 3 aromatic carbocycles. The number of methoxy groups -OCH3 is 1. The fourth-order valence-corrected chi connectivity index (χ4v) is 9.32. The van der Waals surface area contributed by atoms with E-state index in [1.807, 2.05) is 14.1 Å². The van der Waals surface area contributed by atoms with Gasteiger partial charge in [0.05, 0.1) is 41.1 Å². The van der Waals surface area contributed by atoms with Crippen LogP contribution in [0.15, 0.2) is 62.3 Å². The molecule has 7 rings (SSSR count). The zero-order chi connectivity index (χ0) is 49.0. The number of amides is 1. The number of phenols is 1. The lowest BCUT2D eigenvalue weighted by molar-refractivity contribution is -0.143. The number of nitrogens with zero attached hydrogens (tertiary/aromatic N) is 3. The van der Waals surface area contributed by atoms with Gasteiger partial charge in [0.1, 0.15) is 22.7 Å². The molecule has 0 aliphatic carbocycles. The standard InChI is InChI=1S/C50H60N4O13/c1-23-13-12-14-24(2)49(62)52-40-44(60)36-35(39-47(40)66-34-22-31(21-32(56)38(34)51-39)54-18-15-30(16-19-54)53(9)10)37-46(28(6)43(36)59)67-50(8,48(37)61)64-20-17-33(63-11)25(3)45(65-29(7)55)27(5)42(58)26(4)41(23)57/h12-14,17,20-23,26-27,30,33,41-42,57-59,61H,15-16,18-19H2,1-11H3,(H,52,62)/b13-12-,20-17-,24-14-/t23-,26+,27+,33-,41-,42+,50-/m0/s1. The van der Waals surface area contributed by atoms with Crippen molar-refractivity contribution in [3.63, 3.8) is 0 Å². The first-order valence-electron chi connectivity index (χ1n) is 22.4. The predicted molar refractivity (Wildman–Crippen MR) is 253 cm³/mol. The number of nitrogens with one attached hydrogen (secondary N) is 1. The van der Waals surface area contributed by atoms with Crippen molar-refractivity contribution in [3.8, 4) is 11.5 Å². The summed E-state index contributed by atoms with van der Waals surface area (Å²) in [5.41, 5.74) is -1.40. The van der Waals surface area contributed by atoms with E-state index in [0.717, 1.165) is 12.8 Å². The molecule has 4 heterocycles. The highest BCUT2D eigenvalue weighted by atomic mass is 16.7. The van der Waals surface area contributed by atoms with Gasteiger partial charge in [-0.1, -0.05) is 45.9 Å². The number of benzene rings is 3. The van der Waals surface area contributed by atoms with Gasteiger partial charge in [0.15, 0.2) is 28.5 Å². The van der Waals surface area contributed by atoms with Gasteiger partial charge in [-0.2, -0.15) is 0 Å². The second kappa shape index (κ2) is 18.9. The van der Waals surface area contributed by atoms with Crippen molar-refractivity contribution in [2.75, 3.05) is 44.5 Å². The van der Waals surface area contributed by atoms with Gasteiger partial charge in [0.25, 0.3) is 5.91 Å². The maximum Gasteiger partial charge on any atom is 0.307 e. The van der Waals surface area contributed by atoms with Gasteiger partial charge >= 0.3 is 11.8 Å². The summed E-state index contributed by atoms with van der Waals surface area (Å²) in [6.07, 6.45) is 5.99. The molecule has 0 spiro atoms. The number of rotatable bonds is 4. The average Bonchev–Trinajstić information content (AvgIpc) is 3.56. The molecule has 1 saturated heterocycles. The van der Waals surface area contributed by atoms with Crippen LogP contribution in [0.3, 0.4) is 0 Å². The van der Waals surface area contributed by atoms with Gasteiger partial charge in [-0.3, -0.25) is 19.2 Å². The number of hydrogen-bond donors (Lipinski definition) is 5. The first-order valence-corrected chi connectivity index (χ1v) is 22.4. The van der Waals surface area contributed by atoms with Gasteiger partial charge in [0.2, 0.25) is 10.9 Å². The second-order valence-corrected chi connectivity index (χ2v) is 18.3. The van der Waals surface area contributed by atoms with Crippen LogP contribution in [-0.2, 0) is 23.8 Å². The summed E-state index contributed by atoms with van der Waals surface area (Å²) in [6, 6.07) is 3.53. The van der Waals surface area contributed by atoms with Crippen molar-refractivity contribution in [3.05, 3.63) is 91.5 Å². The van der Waals surface area contributed by atoms with E-state index in [2.05, 4.69) is 15.1 Å². The van der Waals surface area contributed by atoms with Gasteiger partial charge in [-0.25, -0.2) is 4.98 Å². The first kappa shape index (κ1) is 48.9. The molecule has 4 bridgehead atoms. The van der Waals surface area contributed by atoms with Crippen molar-refractivity contribution in [2.24, 2.45) is 17.8 Å². The highest BCUT2D eigenvalue weighted by Crippen LogP contribution is 2.43. The number of fused-ring (bicyclic) bond motifs is 2. The molecular weight excluding hydrogens is 865 g/mol. The number of carbonyl (C=O) groups excluding carboxylic acids is 2. The number of aliphatic hydroxyl groups is 3. The van der Waals surface area contributed by atoms with Crippen LogP contribution in [0.5, 0.6) is 11.5 Å². The summed E-state index contributed by atoms with van der Waals surface area (Å²) in [5.74, 6) is -6.22. The van der Waals surface area contributed by atoms with Crippen molar-refractivity contribution in [1.29, 1.82) is 0 Å². The molecule has 358 valence electrons. The third kappa shape index (κ3) is 8.97. The lowest BCUT2D eigenvalue weighted by Gasteiger charge is -2.36. The highest BCUT2D eigenvalue weighted by molar-refractivity contribution is 6.16. The van der Waals surface area contributed by atoms with E-state index in [1.165, 1.54) is 59.3 Å². The van der Waals surface area contributed by atoms with Crippen molar-refractivity contribution >= 4 is 62.0 Å². The highest BCUT2D eigenvalue weighted by Gasteiger charge is 2.44.